The molecule has 0 fully saturated rings. The molecule has 23 heavy (non-hydrogen) atoms. The fourth-order valence-corrected chi connectivity index (χ4v) is 3.60. The lowest BCUT2D eigenvalue weighted by molar-refractivity contribution is -0.115. The van der Waals surface area contributed by atoms with Crippen molar-refractivity contribution >= 4 is 32.6 Å². The lowest BCUT2D eigenvalue weighted by atomic mass is 10.0. The summed E-state index contributed by atoms with van der Waals surface area (Å²) >= 11 is 1.52. The molecule has 2 aromatic carbocycles. The second-order valence-electron chi connectivity index (χ2n) is 6.03. The quantitative estimate of drug-likeness (QED) is 0.758. The third-order valence-electron chi connectivity index (χ3n) is 4.18. The van der Waals surface area contributed by atoms with E-state index < -0.39 is 0 Å². The fourth-order valence-electron chi connectivity index (χ4n) is 2.66. The van der Waals surface area contributed by atoms with E-state index in [0.29, 0.717) is 11.6 Å². The van der Waals surface area contributed by atoms with Crippen molar-refractivity contribution in [3.63, 3.8) is 0 Å². The number of thiazole rings is 1. The lowest BCUT2D eigenvalue weighted by Crippen LogP contribution is -2.14. The van der Waals surface area contributed by atoms with Gasteiger partial charge >= 0.3 is 0 Å². The minimum atomic E-state index is -0.0228. The van der Waals surface area contributed by atoms with Gasteiger partial charge in [0.25, 0.3) is 0 Å². The van der Waals surface area contributed by atoms with Crippen molar-refractivity contribution in [3.05, 3.63) is 58.1 Å². The lowest BCUT2D eigenvalue weighted by Gasteiger charge is -2.06. The maximum absolute atomic E-state index is 12.3. The van der Waals surface area contributed by atoms with Gasteiger partial charge in [-0.1, -0.05) is 41.2 Å². The molecular weight excluding hydrogens is 304 g/mol. The van der Waals surface area contributed by atoms with Gasteiger partial charge in [0.2, 0.25) is 5.91 Å². The van der Waals surface area contributed by atoms with Gasteiger partial charge in [0.05, 0.1) is 16.6 Å². The summed E-state index contributed by atoms with van der Waals surface area (Å²) in [6, 6.07) is 10.3. The van der Waals surface area contributed by atoms with E-state index in [1.54, 1.807) is 0 Å². The summed E-state index contributed by atoms with van der Waals surface area (Å²) < 4.78 is 1.11. The number of nitrogens with zero attached hydrogens (tertiary/aromatic N) is 1. The van der Waals surface area contributed by atoms with Crippen LogP contribution in [0.2, 0.25) is 0 Å². The van der Waals surface area contributed by atoms with E-state index in [0.717, 1.165) is 21.3 Å². The van der Waals surface area contributed by atoms with Crippen LogP contribution >= 0.6 is 11.3 Å². The number of hydrogen-bond donors (Lipinski definition) is 1. The molecule has 3 aromatic rings. The highest BCUT2D eigenvalue weighted by Gasteiger charge is 2.11. The number of fused-ring (bicyclic) bond motifs is 1. The van der Waals surface area contributed by atoms with Crippen molar-refractivity contribution in [2.24, 2.45) is 0 Å². The molecule has 1 N–H and O–H groups in total. The molecule has 4 heteroatoms. The molecule has 0 saturated heterocycles. The zero-order chi connectivity index (χ0) is 16.6. The molecule has 1 amide bonds. The Morgan fingerprint density at radius 1 is 1.09 bits per heavy atom. The third-order valence-corrected chi connectivity index (χ3v) is 5.12. The van der Waals surface area contributed by atoms with Crippen molar-refractivity contribution in [1.29, 1.82) is 0 Å². The smallest absolute Gasteiger partial charge is 0.230 e. The molecule has 0 aliphatic carbocycles. The van der Waals surface area contributed by atoms with Crippen LogP contribution in [0, 0.1) is 27.7 Å². The first-order valence-electron chi connectivity index (χ1n) is 7.67. The van der Waals surface area contributed by atoms with Gasteiger partial charge < -0.3 is 5.32 Å². The second-order valence-corrected chi connectivity index (χ2v) is 7.06. The van der Waals surface area contributed by atoms with Crippen LogP contribution < -0.4 is 5.32 Å². The molecule has 0 saturated carbocycles. The van der Waals surface area contributed by atoms with E-state index >= 15 is 0 Å². The van der Waals surface area contributed by atoms with Crippen LogP contribution in [0.3, 0.4) is 0 Å². The van der Waals surface area contributed by atoms with Crippen LogP contribution in [0.15, 0.2) is 30.3 Å². The average molecular weight is 324 g/mol. The van der Waals surface area contributed by atoms with E-state index in [2.05, 4.69) is 49.3 Å². The summed E-state index contributed by atoms with van der Waals surface area (Å²) in [7, 11) is 0. The van der Waals surface area contributed by atoms with Crippen LogP contribution in [0.25, 0.3) is 10.2 Å². The van der Waals surface area contributed by atoms with E-state index in [1.165, 1.54) is 28.0 Å². The summed E-state index contributed by atoms with van der Waals surface area (Å²) in [4.78, 5) is 16.9. The minimum absolute atomic E-state index is 0.0228. The Morgan fingerprint density at radius 3 is 2.61 bits per heavy atom. The minimum Gasteiger partial charge on any atom is -0.302 e. The Labute approximate surface area is 140 Å². The van der Waals surface area contributed by atoms with E-state index in [-0.39, 0.29) is 5.91 Å². The van der Waals surface area contributed by atoms with Crippen molar-refractivity contribution in [1.82, 2.24) is 4.98 Å². The fraction of sp³-hybridized carbons (Fsp3) is 0.263. The highest BCUT2D eigenvalue weighted by molar-refractivity contribution is 7.22. The van der Waals surface area contributed by atoms with E-state index in [1.807, 2.05) is 19.1 Å². The van der Waals surface area contributed by atoms with Crippen LogP contribution in [0.1, 0.15) is 27.8 Å². The van der Waals surface area contributed by atoms with Crippen molar-refractivity contribution in [2.75, 3.05) is 5.32 Å². The Morgan fingerprint density at radius 2 is 1.87 bits per heavy atom. The van der Waals surface area contributed by atoms with Crippen LogP contribution in [-0.4, -0.2) is 10.9 Å². The average Bonchev–Trinajstić information content (AvgIpc) is 2.89. The van der Waals surface area contributed by atoms with Gasteiger partial charge in [-0.05, 0) is 56.0 Å². The summed E-state index contributed by atoms with van der Waals surface area (Å²) in [5.74, 6) is -0.0228. The monoisotopic (exact) mass is 324 g/mol. The first-order chi connectivity index (χ1) is 10.9. The van der Waals surface area contributed by atoms with Crippen molar-refractivity contribution < 1.29 is 4.79 Å². The Hall–Kier alpha value is -2.20. The summed E-state index contributed by atoms with van der Waals surface area (Å²) in [6.45, 7) is 8.24. The largest absolute Gasteiger partial charge is 0.302 e. The number of aryl methyl sites for hydroxylation is 4. The number of amides is 1. The highest BCUT2D eigenvalue weighted by Crippen LogP contribution is 2.29. The summed E-state index contributed by atoms with van der Waals surface area (Å²) in [5.41, 5.74) is 6.79. The molecule has 118 valence electrons. The van der Waals surface area contributed by atoms with Gasteiger partial charge in [0.1, 0.15) is 0 Å². The topological polar surface area (TPSA) is 42.0 Å². The zero-order valence-electron chi connectivity index (χ0n) is 13.9. The maximum Gasteiger partial charge on any atom is 0.230 e. The van der Waals surface area contributed by atoms with Gasteiger partial charge in [-0.3, -0.25) is 4.79 Å². The zero-order valence-corrected chi connectivity index (χ0v) is 14.7. The molecule has 3 nitrogen and oxygen atoms in total. The van der Waals surface area contributed by atoms with E-state index in [9.17, 15) is 4.79 Å². The first-order valence-corrected chi connectivity index (χ1v) is 8.48. The number of carbonyl (C=O) groups excluding carboxylic acids is 1. The standard InChI is InChI=1S/C19H20N2OS/c1-11-5-7-15(13(3)9-11)10-17(22)20-19-21-18-14(4)12(2)6-8-16(18)23-19/h5-9H,10H2,1-4H3,(H,20,21,22). The highest BCUT2D eigenvalue weighted by atomic mass is 32.1. The molecule has 0 atom stereocenters. The number of aromatic nitrogens is 1. The molecule has 0 aliphatic rings. The van der Waals surface area contributed by atoms with Gasteiger partial charge in [-0.25, -0.2) is 4.98 Å². The second kappa shape index (κ2) is 6.13. The van der Waals surface area contributed by atoms with Gasteiger partial charge in [0.15, 0.2) is 5.13 Å². The number of benzene rings is 2. The number of nitrogens with one attached hydrogen (secondary N) is 1. The molecule has 0 spiro atoms. The number of carbonyl (C=O) groups is 1. The van der Waals surface area contributed by atoms with Crippen LogP contribution in [0.5, 0.6) is 0 Å². The molecule has 0 bridgehead atoms. The summed E-state index contributed by atoms with van der Waals surface area (Å²) in [5, 5.41) is 3.61. The first kappa shape index (κ1) is 15.7. The Balaban J connectivity index is 1.79. The SMILES string of the molecule is Cc1ccc(CC(=O)Nc2nc3c(C)c(C)ccc3s2)c(C)c1. The van der Waals surface area contributed by atoms with Crippen LogP contribution in [-0.2, 0) is 11.2 Å². The molecular formula is C19H20N2OS. The number of rotatable bonds is 3. The molecule has 0 radical (unpaired) electrons. The molecule has 3 rings (SSSR count). The van der Waals surface area contributed by atoms with E-state index in [4.69, 9.17) is 0 Å². The molecule has 0 aliphatic heterocycles. The van der Waals surface area contributed by atoms with Crippen LogP contribution in [0.4, 0.5) is 5.13 Å². The van der Waals surface area contributed by atoms with Gasteiger partial charge in [0, 0.05) is 0 Å². The molecule has 1 aromatic heterocycles. The summed E-state index contributed by atoms with van der Waals surface area (Å²) in [6.07, 6.45) is 0.375. The number of anilines is 1. The van der Waals surface area contributed by atoms with Gasteiger partial charge in [-0.15, -0.1) is 0 Å². The Bertz CT molecular complexity index is 896. The third kappa shape index (κ3) is 3.27. The number of hydrogen-bond acceptors (Lipinski definition) is 3. The maximum atomic E-state index is 12.3. The molecule has 1 heterocycles. The van der Waals surface area contributed by atoms with Gasteiger partial charge in [-0.2, -0.15) is 0 Å². The van der Waals surface area contributed by atoms with Crippen molar-refractivity contribution in [3.8, 4) is 0 Å². The molecule has 0 unspecified atom stereocenters. The predicted octanol–water partition coefficient (Wildman–Crippen LogP) is 4.71. The predicted molar refractivity (Wildman–Crippen MR) is 97.3 cm³/mol. The normalized spacial score (nSPS) is 11.0. The Kier molecular flexibility index (Phi) is 4.18. The van der Waals surface area contributed by atoms with Crippen molar-refractivity contribution in [2.45, 2.75) is 34.1 Å².